The van der Waals surface area contributed by atoms with Gasteiger partial charge >= 0.3 is 0 Å². The van der Waals surface area contributed by atoms with Crippen molar-refractivity contribution in [3.05, 3.63) is 23.3 Å². The highest BCUT2D eigenvalue weighted by atomic mass is 16.6. The van der Waals surface area contributed by atoms with Gasteiger partial charge in [0.2, 0.25) is 5.91 Å². The van der Waals surface area contributed by atoms with Crippen molar-refractivity contribution in [1.29, 1.82) is 0 Å². The van der Waals surface area contributed by atoms with Crippen molar-refractivity contribution in [3.63, 3.8) is 0 Å². The van der Waals surface area contributed by atoms with Crippen LogP contribution in [-0.2, 0) is 10.2 Å². The molecule has 2 fully saturated rings. The summed E-state index contributed by atoms with van der Waals surface area (Å²) in [6.07, 6.45) is 7.21. The Bertz CT molecular complexity index is 722. The van der Waals surface area contributed by atoms with Gasteiger partial charge in [-0.15, -0.1) is 0 Å². The van der Waals surface area contributed by atoms with Crippen LogP contribution in [0.4, 0.5) is 0 Å². The van der Waals surface area contributed by atoms with E-state index in [9.17, 15) is 4.79 Å². The Morgan fingerprint density at radius 1 is 1.19 bits per heavy atom. The summed E-state index contributed by atoms with van der Waals surface area (Å²) in [6.45, 7) is 4.92. The number of amides is 1. The average Bonchev–Trinajstić information content (AvgIpc) is 3.33. The molecule has 1 spiro atoms. The molecular formula is C21H28N2O3. The van der Waals surface area contributed by atoms with Crippen LogP contribution < -0.4 is 14.8 Å². The minimum Gasteiger partial charge on any atom is -0.486 e. The molecule has 140 valence electrons. The molecule has 2 aliphatic carbocycles. The molecule has 2 aliphatic heterocycles. The summed E-state index contributed by atoms with van der Waals surface area (Å²) in [6, 6.07) is 5.07. The highest BCUT2D eigenvalue weighted by molar-refractivity contribution is 5.78. The van der Waals surface area contributed by atoms with Crippen LogP contribution in [0.3, 0.4) is 0 Å². The van der Waals surface area contributed by atoms with Crippen LogP contribution in [0.5, 0.6) is 11.5 Å². The van der Waals surface area contributed by atoms with Crippen molar-refractivity contribution in [2.24, 2.45) is 0 Å². The number of hydrogen-bond donors (Lipinski definition) is 1. The normalized spacial score (nSPS) is 26.6. The van der Waals surface area contributed by atoms with Gasteiger partial charge in [0, 0.05) is 24.0 Å². The number of rotatable bonds is 3. The van der Waals surface area contributed by atoms with Crippen molar-refractivity contribution in [3.8, 4) is 11.5 Å². The Morgan fingerprint density at radius 2 is 1.88 bits per heavy atom. The van der Waals surface area contributed by atoms with Crippen molar-refractivity contribution in [2.45, 2.75) is 62.9 Å². The topological polar surface area (TPSA) is 50.8 Å². The molecule has 5 heteroatoms. The van der Waals surface area contributed by atoms with E-state index in [0.717, 1.165) is 30.9 Å². The monoisotopic (exact) mass is 356 g/mol. The van der Waals surface area contributed by atoms with Crippen LogP contribution in [-0.4, -0.2) is 43.2 Å². The SMILES string of the molecule is CC1c2cc3c(cc2C2(CCCC2)CN1CC(=O)NC1CC1)OCCO3. The fourth-order valence-corrected chi connectivity index (χ4v) is 5.07. The molecule has 1 aromatic rings. The van der Waals surface area contributed by atoms with Gasteiger partial charge in [-0.05, 0) is 55.9 Å². The Kier molecular flexibility index (Phi) is 3.89. The number of carbonyl (C=O) groups is 1. The van der Waals surface area contributed by atoms with E-state index in [2.05, 4.69) is 29.3 Å². The summed E-state index contributed by atoms with van der Waals surface area (Å²) >= 11 is 0. The molecular weight excluding hydrogens is 328 g/mol. The zero-order valence-corrected chi connectivity index (χ0v) is 15.6. The lowest BCUT2D eigenvalue weighted by atomic mass is 9.71. The molecule has 1 atom stereocenters. The van der Waals surface area contributed by atoms with Crippen LogP contribution in [0.1, 0.15) is 62.6 Å². The molecule has 2 heterocycles. The smallest absolute Gasteiger partial charge is 0.234 e. The Morgan fingerprint density at radius 3 is 2.58 bits per heavy atom. The minimum atomic E-state index is 0.164. The van der Waals surface area contributed by atoms with Gasteiger partial charge in [0.05, 0.1) is 6.54 Å². The molecule has 5 nitrogen and oxygen atoms in total. The maximum Gasteiger partial charge on any atom is 0.234 e. The molecule has 5 rings (SSSR count). The van der Waals surface area contributed by atoms with Gasteiger partial charge < -0.3 is 14.8 Å². The van der Waals surface area contributed by atoms with E-state index < -0.39 is 0 Å². The lowest BCUT2D eigenvalue weighted by Gasteiger charge is -2.46. The first-order valence-electron chi connectivity index (χ1n) is 10.1. The second kappa shape index (κ2) is 6.15. The largest absolute Gasteiger partial charge is 0.486 e. The fraction of sp³-hybridized carbons (Fsp3) is 0.667. The predicted octanol–water partition coefficient (Wildman–Crippen LogP) is 2.92. The number of fused-ring (bicyclic) bond motifs is 3. The summed E-state index contributed by atoms with van der Waals surface area (Å²) in [5.41, 5.74) is 2.92. The van der Waals surface area contributed by atoms with Crippen molar-refractivity contribution in [1.82, 2.24) is 10.2 Å². The number of nitrogens with zero attached hydrogens (tertiary/aromatic N) is 1. The van der Waals surface area contributed by atoms with Gasteiger partial charge in [-0.3, -0.25) is 9.69 Å². The van der Waals surface area contributed by atoms with E-state index >= 15 is 0 Å². The number of benzene rings is 1. The average molecular weight is 356 g/mol. The summed E-state index contributed by atoms with van der Waals surface area (Å²) < 4.78 is 11.7. The van der Waals surface area contributed by atoms with E-state index in [1.54, 1.807) is 0 Å². The van der Waals surface area contributed by atoms with E-state index in [-0.39, 0.29) is 17.4 Å². The molecule has 1 aromatic carbocycles. The van der Waals surface area contributed by atoms with Crippen molar-refractivity contribution >= 4 is 5.91 Å². The van der Waals surface area contributed by atoms with Crippen LogP contribution in [0.2, 0.25) is 0 Å². The lowest BCUT2D eigenvalue weighted by molar-refractivity contribution is -0.123. The summed E-state index contributed by atoms with van der Waals surface area (Å²) in [7, 11) is 0. The van der Waals surface area contributed by atoms with Crippen molar-refractivity contribution in [2.75, 3.05) is 26.3 Å². The molecule has 1 N–H and O–H groups in total. The van der Waals surface area contributed by atoms with Gasteiger partial charge in [-0.1, -0.05) is 12.8 Å². The molecule has 1 unspecified atom stereocenters. The fourth-order valence-electron chi connectivity index (χ4n) is 5.07. The van der Waals surface area contributed by atoms with Crippen LogP contribution >= 0.6 is 0 Å². The minimum absolute atomic E-state index is 0.164. The summed E-state index contributed by atoms with van der Waals surface area (Å²) in [5, 5.41) is 3.15. The Hall–Kier alpha value is -1.75. The van der Waals surface area contributed by atoms with Crippen LogP contribution in [0.15, 0.2) is 12.1 Å². The molecule has 0 aromatic heterocycles. The number of carbonyl (C=O) groups excluding carboxylic acids is 1. The first-order valence-corrected chi connectivity index (χ1v) is 10.1. The molecule has 26 heavy (non-hydrogen) atoms. The van der Waals surface area contributed by atoms with Crippen molar-refractivity contribution < 1.29 is 14.3 Å². The molecule has 0 saturated heterocycles. The second-order valence-electron chi connectivity index (χ2n) is 8.49. The molecule has 2 saturated carbocycles. The van der Waals surface area contributed by atoms with Crippen LogP contribution in [0, 0.1) is 0 Å². The van der Waals surface area contributed by atoms with E-state index in [1.807, 2.05) is 0 Å². The van der Waals surface area contributed by atoms with E-state index in [4.69, 9.17) is 9.47 Å². The van der Waals surface area contributed by atoms with Gasteiger partial charge in [0.1, 0.15) is 13.2 Å². The lowest BCUT2D eigenvalue weighted by Crippen LogP contribution is -2.49. The standard InChI is InChI=1S/C21H28N2O3/c1-14-16-10-18-19(26-9-8-25-18)11-17(16)21(6-2-3-7-21)13-23(14)12-20(24)22-15-4-5-15/h10-11,14-15H,2-9,12-13H2,1H3,(H,22,24). The number of hydrogen-bond acceptors (Lipinski definition) is 4. The number of ether oxygens (including phenoxy) is 2. The first kappa shape index (κ1) is 16.4. The number of nitrogens with one attached hydrogen (secondary N) is 1. The maximum absolute atomic E-state index is 12.5. The molecule has 1 amide bonds. The maximum atomic E-state index is 12.5. The predicted molar refractivity (Wildman–Crippen MR) is 98.7 cm³/mol. The zero-order chi connectivity index (χ0) is 17.7. The quantitative estimate of drug-likeness (QED) is 0.905. The molecule has 0 radical (unpaired) electrons. The third-order valence-electron chi connectivity index (χ3n) is 6.64. The summed E-state index contributed by atoms with van der Waals surface area (Å²) in [4.78, 5) is 14.8. The van der Waals surface area contributed by atoms with Gasteiger partial charge in [-0.2, -0.15) is 0 Å². The van der Waals surface area contributed by atoms with Gasteiger partial charge in [-0.25, -0.2) is 0 Å². The van der Waals surface area contributed by atoms with E-state index in [1.165, 1.54) is 36.8 Å². The van der Waals surface area contributed by atoms with Gasteiger partial charge in [0.25, 0.3) is 0 Å². The third kappa shape index (κ3) is 2.77. The Labute approximate surface area is 155 Å². The molecule has 4 aliphatic rings. The van der Waals surface area contributed by atoms with Gasteiger partial charge in [0.15, 0.2) is 11.5 Å². The Balaban J connectivity index is 1.49. The third-order valence-corrected chi connectivity index (χ3v) is 6.64. The highest BCUT2D eigenvalue weighted by Crippen LogP contribution is 2.51. The molecule has 0 bridgehead atoms. The van der Waals surface area contributed by atoms with Crippen LogP contribution in [0.25, 0.3) is 0 Å². The zero-order valence-electron chi connectivity index (χ0n) is 15.6. The summed E-state index contributed by atoms with van der Waals surface area (Å²) in [5.74, 6) is 1.93. The highest BCUT2D eigenvalue weighted by Gasteiger charge is 2.45. The second-order valence-corrected chi connectivity index (χ2v) is 8.49. The first-order chi connectivity index (χ1) is 12.6. The van der Waals surface area contributed by atoms with E-state index in [0.29, 0.717) is 25.8 Å².